The molecule has 5 heteroatoms. The number of esters is 1. The number of halogens is 1. The van der Waals surface area contributed by atoms with Gasteiger partial charge in [0.05, 0.1) is 13.2 Å². The number of carbonyl (C=O) groups is 1. The average molecular weight is 239 g/mol. The molecule has 2 N–H and O–H groups in total. The summed E-state index contributed by atoms with van der Waals surface area (Å²) in [4.78, 5) is 11.8. The summed E-state index contributed by atoms with van der Waals surface area (Å²) in [7, 11) is 1.26. The molecular weight excluding hydrogens is 225 g/mol. The number of methoxy groups -OCH3 is 1. The second-order valence-corrected chi connectivity index (χ2v) is 4.24. The zero-order chi connectivity index (χ0) is 12.6. The Bertz CT molecular complexity index is 463. The van der Waals surface area contributed by atoms with Crippen molar-refractivity contribution in [3.05, 3.63) is 29.6 Å². The van der Waals surface area contributed by atoms with E-state index >= 15 is 0 Å². The Labute approximate surface area is 98.5 Å². The summed E-state index contributed by atoms with van der Waals surface area (Å²) in [5, 5.41) is 0. The number of hydrogen-bond donors (Lipinski definition) is 1. The number of fused-ring (bicyclic) bond motifs is 1. The summed E-state index contributed by atoms with van der Waals surface area (Å²) < 4.78 is 23.5. The van der Waals surface area contributed by atoms with Crippen LogP contribution in [-0.4, -0.2) is 19.2 Å². The largest absolute Gasteiger partial charge is 0.490 e. The summed E-state index contributed by atoms with van der Waals surface area (Å²) in [5.41, 5.74) is 5.06. The van der Waals surface area contributed by atoms with Crippen molar-refractivity contribution in [3.63, 3.8) is 0 Å². The third-order valence-electron chi connectivity index (χ3n) is 2.91. The van der Waals surface area contributed by atoms with E-state index in [2.05, 4.69) is 0 Å². The van der Waals surface area contributed by atoms with Gasteiger partial charge in [0, 0.05) is 12.0 Å². The average Bonchev–Trinajstić information content (AvgIpc) is 2.29. The van der Waals surface area contributed by atoms with Gasteiger partial charge in [0.2, 0.25) is 0 Å². The van der Waals surface area contributed by atoms with Gasteiger partial charge in [-0.15, -0.1) is 0 Å². The SMILES string of the molecule is COC(=O)C1(N)C[C@@H](C)Oc2ccc(F)cc21. The van der Waals surface area contributed by atoms with Crippen LogP contribution in [0.1, 0.15) is 18.9 Å². The predicted octanol–water partition coefficient (Wildman–Crippen LogP) is 1.32. The van der Waals surface area contributed by atoms with Crippen molar-refractivity contribution in [2.75, 3.05) is 7.11 Å². The third-order valence-corrected chi connectivity index (χ3v) is 2.91. The predicted molar refractivity (Wildman–Crippen MR) is 59.0 cm³/mol. The van der Waals surface area contributed by atoms with Gasteiger partial charge in [0.25, 0.3) is 0 Å². The first-order valence-electron chi connectivity index (χ1n) is 5.31. The first kappa shape index (κ1) is 11.9. The summed E-state index contributed by atoms with van der Waals surface area (Å²) in [6.07, 6.45) is 0.0351. The van der Waals surface area contributed by atoms with Crippen molar-refractivity contribution in [2.45, 2.75) is 25.0 Å². The Kier molecular flexibility index (Phi) is 2.79. The van der Waals surface area contributed by atoms with Gasteiger partial charge in [-0.05, 0) is 25.1 Å². The monoisotopic (exact) mass is 239 g/mol. The van der Waals surface area contributed by atoms with Crippen LogP contribution in [0.2, 0.25) is 0 Å². The van der Waals surface area contributed by atoms with Crippen LogP contribution in [0.5, 0.6) is 5.75 Å². The van der Waals surface area contributed by atoms with Gasteiger partial charge >= 0.3 is 5.97 Å². The van der Waals surface area contributed by atoms with Crippen molar-refractivity contribution < 1.29 is 18.7 Å². The zero-order valence-corrected chi connectivity index (χ0v) is 9.70. The van der Waals surface area contributed by atoms with Gasteiger partial charge in [0.1, 0.15) is 17.1 Å². The molecule has 0 aromatic heterocycles. The zero-order valence-electron chi connectivity index (χ0n) is 9.70. The van der Waals surface area contributed by atoms with E-state index in [-0.39, 0.29) is 12.5 Å². The van der Waals surface area contributed by atoms with E-state index in [1.54, 1.807) is 6.92 Å². The first-order valence-corrected chi connectivity index (χ1v) is 5.31. The molecular formula is C12H14FNO3. The van der Waals surface area contributed by atoms with Crippen molar-refractivity contribution in [2.24, 2.45) is 5.73 Å². The second kappa shape index (κ2) is 4.00. The van der Waals surface area contributed by atoms with Crippen LogP contribution in [0.4, 0.5) is 4.39 Å². The van der Waals surface area contributed by atoms with Crippen molar-refractivity contribution in [1.29, 1.82) is 0 Å². The Balaban J connectivity index is 2.56. The Hall–Kier alpha value is -1.62. The maximum Gasteiger partial charge on any atom is 0.330 e. The Morgan fingerprint density at radius 1 is 1.65 bits per heavy atom. The molecule has 0 saturated carbocycles. The molecule has 0 fully saturated rings. The van der Waals surface area contributed by atoms with Crippen LogP contribution >= 0.6 is 0 Å². The van der Waals surface area contributed by atoms with Crippen molar-refractivity contribution >= 4 is 5.97 Å². The quantitative estimate of drug-likeness (QED) is 0.751. The smallest absolute Gasteiger partial charge is 0.330 e. The number of carbonyl (C=O) groups excluding carboxylic acids is 1. The lowest BCUT2D eigenvalue weighted by atomic mass is 9.83. The summed E-state index contributed by atoms with van der Waals surface area (Å²) >= 11 is 0. The molecule has 17 heavy (non-hydrogen) atoms. The molecule has 1 aromatic carbocycles. The molecule has 92 valence electrons. The molecule has 0 spiro atoms. The number of benzene rings is 1. The fraction of sp³-hybridized carbons (Fsp3) is 0.417. The second-order valence-electron chi connectivity index (χ2n) is 4.24. The van der Waals surface area contributed by atoms with Gasteiger partial charge < -0.3 is 15.2 Å². The fourth-order valence-electron chi connectivity index (χ4n) is 2.15. The molecule has 2 atom stereocenters. The molecule has 1 aliphatic heterocycles. The van der Waals surface area contributed by atoms with E-state index in [0.717, 1.165) is 0 Å². The molecule has 0 radical (unpaired) electrons. The lowest BCUT2D eigenvalue weighted by Gasteiger charge is -2.36. The topological polar surface area (TPSA) is 61.5 Å². The minimum absolute atomic E-state index is 0.225. The Morgan fingerprint density at radius 2 is 2.35 bits per heavy atom. The molecule has 0 aliphatic carbocycles. The van der Waals surface area contributed by atoms with Gasteiger partial charge in [0.15, 0.2) is 0 Å². The summed E-state index contributed by atoms with van der Waals surface area (Å²) in [6.45, 7) is 1.80. The molecule has 1 aliphatic rings. The van der Waals surface area contributed by atoms with Gasteiger partial charge in [-0.3, -0.25) is 0 Å². The highest BCUT2D eigenvalue weighted by Crippen LogP contribution is 2.38. The molecule has 1 heterocycles. The number of rotatable bonds is 1. The highest BCUT2D eigenvalue weighted by molar-refractivity contribution is 5.83. The first-order chi connectivity index (χ1) is 7.97. The highest BCUT2D eigenvalue weighted by atomic mass is 19.1. The van der Waals surface area contributed by atoms with Crippen LogP contribution in [0.15, 0.2) is 18.2 Å². The minimum Gasteiger partial charge on any atom is -0.490 e. The lowest BCUT2D eigenvalue weighted by molar-refractivity contribution is -0.149. The Morgan fingerprint density at radius 3 is 3.00 bits per heavy atom. The molecule has 1 aromatic rings. The molecule has 0 amide bonds. The summed E-state index contributed by atoms with van der Waals surface area (Å²) in [6, 6.07) is 3.97. The van der Waals surface area contributed by atoms with Crippen LogP contribution in [0.3, 0.4) is 0 Å². The van der Waals surface area contributed by atoms with Gasteiger partial charge in [-0.1, -0.05) is 0 Å². The number of nitrogens with two attached hydrogens (primary N) is 1. The van der Waals surface area contributed by atoms with Crippen LogP contribution in [0.25, 0.3) is 0 Å². The highest BCUT2D eigenvalue weighted by Gasteiger charge is 2.44. The normalized spacial score (nSPS) is 26.9. The van der Waals surface area contributed by atoms with Gasteiger partial charge in [-0.2, -0.15) is 0 Å². The van der Waals surface area contributed by atoms with E-state index in [1.165, 1.54) is 25.3 Å². The maximum atomic E-state index is 13.2. The van der Waals surface area contributed by atoms with Crippen molar-refractivity contribution in [3.8, 4) is 5.75 Å². The van der Waals surface area contributed by atoms with Crippen LogP contribution < -0.4 is 10.5 Å². The molecule has 4 nitrogen and oxygen atoms in total. The van der Waals surface area contributed by atoms with E-state index in [4.69, 9.17) is 15.2 Å². The van der Waals surface area contributed by atoms with Gasteiger partial charge in [-0.25, -0.2) is 9.18 Å². The lowest BCUT2D eigenvalue weighted by Crippen LogP contribution is -2.51. The maximum absolute atomic E-state index is 13.2. The minimum atomic E-state index is -1.34. The number of ether oxygens (including phenoxy) is 2. The van der Waals surface area contributed by atoms with Crippen LogP contribution in [0, 0.1) is 5.82 Å². The van der Waals surface area contributed by atoms with E-state index in [1.807, 2.05) is 0 Å². The van der Waals surface area contributed by atoms with E-state index < -0.39 is 17.3 Å². The molecule has 0 saturated heterocycles. The van der Waals surface area contributed by atoms with E-state index in [0.29, 0.717) is 11.3 Å². The summed E-state index contributed by atoms with van der Waals surface area (Å²) in [5.74, 6) is -0.613. The fourth-order valence-corrected chi connectivity index (χ4v) is 2.15. The number of hydrogen-bond acceptors (Lipinski definition) is 4. The molecule has 0 bridgehead atoms. The third kappa shape index (κ3) is 1.86. The van der Waals surface area contributed by atoms with E-state index in [9.17, 15) is 9.18 Å². The molecule has 2 rings (SSSR count). The van der Waals surface area contributed by atoms with Crippen molar-refractivity contribution in [1.82, 2.24) is 0 Å². The standard InChI is InChI=1S/C12H14FNO3/c1-7-6-12(14,11(15)16-2)9-5-8(13)3-4-10(9)17-7/h3-5,7H,6,14H2,1-2H3/t7-,12?/m1/s1. The van der Waals surface area contributed by atoms with Crippen LogP contribution in [-0.2, 0) is 15.1 Å². The molecule has 1 unspecified atom stereocenters.